The Morgan fingerprint density at radius 1 is 0.852 bits per heavy atom. The van der Waals surface area contributed by atoms with E-state index in [1.165, 1.54) is 0 Å². The predicted molar refractivity (Wildman–Crippen MR) is 103 cm³/mol. The summed E-state index contributed by atoms with van der Waals surface area (Å²) in [6, 6.07) is 18.8. The first-order valence-electron chi connectivity index (χ1n) is 8.26. The van der Waals surface area contributed by atoms with Gasteiger partial charge in [-0.25, -0.2) is 4.79 Å². The summed E-state index contributed by atoms with van der Waals surface area (Å²) in [7, 11) is 1.55. The average molecular weight is 365 g/mol. The van der Waals surface area contributed by atoms with Crippen LogP contribution in [0.4, 0.5) is 21.9 Å². The molecule has 0 atom stereocenters. The fourth-order valence-electron chi connectivity index (χ4n) is 2.40. The van der Waals surface area contributed by atoms with E-state index in [9.17, 15) is 9.59 Å². The van der Waals surface area contributed by atoms with Gasteiger partial charge >= 0.3 is 6.03 Å². The van der Waals surface area contributed by atoms with Crippen LogP contribution in [0, 0.1) is 0 Å². The Bertz CT molecular complexity index is 922. The lowest BCUT2D eigenvalue weighted by Gasteiger charge is -2.09. The Labute approximate surface area is 156 Å². The lowest BCUT2D eigenvalue weighted by Crippen LogP contribution is -2.19. The Morgan fingerprint density at radius 3 is 2.26 bits per heavy atom. The largest absolute Gasteiger partial charge is 0.453 e. The number of para-hydroxylation sites is 1. The molecule has 0 aliphatic heterocycles. The third kappa shape index (κ3) is 5.20. The summed E-state index contributed by atoms with van der Waals surface area (Å²) in [6.45, 7) is 0.295. The maximum atomic E-state index is 12.3. The van der Waals surface area contributed by atoms with Crippen LogP contribution >= 0.6 is 0 Å². The van der Waals surface area contributed by atoms with E-state index in [1.54, 1.807) is 55.6 Å². The van der Waals surface area contributed by atoms with Crippen molar-refractivity contribution in [1.29, 1.82) is 0 Å². The van der Waals surface area contributed by atoms with Crippen LogP contribution in [-0.2, 0) is 11.3 Å². The maximum absolute atomic E-state index is 12.3. The second-order valence-electron chi connectivity index (χ2n) is 5.68. The quantitative estimate of drug-likeness (QED) is 0.606. The number of rotatable bonds is 6. The van der Waals surface area contributed by atoms with Crippen molar-refractivity contribution in [1.82, 2.24) is 0 Å². The van der Waals surface area contributed by atoms with E-state index in [1.807, 2.05) is 18.2 Å². The van der Waals surface area contributed by atoms with Crippen molar-refractivity contribution in [2.24, 2.45) is 0 Å². The summed E-state index contributed by atoms with van der Waals surface area (Å²) in [6.07, 6.45) is 0. The minimum absolute atomic E-state index is 0.183. The molecule has 0 fully saturated rings. The van der Waals surface area contributed by atoms with Gasteiger partial charge in [-0.2, -0.15) is 0 Å². The van der Waals surface area contributed by atoms with E-state index in [2.05, 4.69) is 16.0 Å². The van der Waals surface area contributed by atoms with Gasteiger partial charge in [-0.1, -0.05) is 24.3 Å². The molecule has 3 N–H and O–H groups in total. The van der Waals surface area contributed by atoms with Crippen molar-refractivity contribution in [3.05, 3.63) is 78.3 Å². The van der Waals surface area contributed by atoms with Crippen LogP contribution in [0.15, 0.2) is 71.1 Å². The number of urea groups is 1. The Morgan fingerprint density at radius 2 is 1.52 bits per heavy atom. The summed E-state index contributed by atoms with van der Waals surface area (Å²) in [4.78, 5) is 24.3. The van der Waals surface area contributed by atoms with Gasteiger partial charge in [0.25, 0.3) is 5.91 Å². The third-order valence-corrected chi connectivity index (χ3v) is 3.58. The Hall–Kier alpha value is -3.58. The van der Waals surface area contributed by atoms with Crippen LogP contribution in [0.1, 0.15) is 16.3 Å². The summed E-state index contributed by atoms with van der Waals surface area (Å²) in [5.74, 6) is 0.362. The van der Waals surface area contributed by atoms with Crippen LogP contribution in [0.3, 0.4) is 0 Å². The van der Waals surface area contributed by atoms with Gasteiger partial charge in [0.05, 0.1) is 0 Å². The summed E-state index contributed by atoms with van der Waals surface area (Å²) >= 11 is 0. The fourth-order valence-corrected chi connectivity index (χ4v) is 2.40. The molecule has 27 heavy (non-hydrogen) atoms. The molecule has 3 aromatic rings. The molecule has 3 rings (SSSR count). The van der Waals surface area contributed by atoms with Gasteiger partial charge in [0.1, 0.15) is 12.4 Å². The first kappa shape index (κ1) is 18.2. The number of benzene rings is 2. The van der Waals surface area contributed by atoms with Crippen molar-refractivity contribution in [3.63, 3.8) is 0 Å². The number of carbonyl (C=O) groups is 2. The number of methoxy groups -OCH3 is 1. The van der Waals surface area contributed by atoms with E-state index in [-0.39, 0.29) is 17.7 Å². The predicted octanol–water partition coefficient (Wildman–Crippen LogP) is 4.32. The zero-order valence-electron chi connectivity index (χ0n) is 14.7. The van der Waals surface area contributed by atoms with Gasteiger partial charge in [-0.05, 0) is 42.5 Å². The molecule has 138 valence electrons. The molecule has 1 aromatic heterocycles. The number of ether oxygens (including phenoxy) is 1. The molecule has 0 saturated carbocycles. The highest BCUT2D eigenvalue weighted by atomic mass is 16.5. The van der Waals surface area contributed by atoms with Crippen molar-refractivity contribution in [2.45, 2.75) is 6.61 Å². The molecule has 3 amide bonds. The van der Waals surface area contributed by atoms with E-state index >= 15 is 0 Å². The Kier molecular flexibility index (Phi) is 5.86. The minimum Gasteiger partial charge on any atom is -0.453 e. The molecule has 7 heteroatoms. The molecule has 0 saturated heterocycles. The number of hydrogen-bond acceptors (Lipinski definition) is 4. The molecular weight excluding hydrogens is 346 g/mol. The zero-order valence-corrected chi connectivity index (χ0v) is 14.7. The van der Waals surface area contributed by atoms with Crippen molar-refractivity contribution >= 4 is 29.0 Å². The van der Waals surface area contributed by atoms with Gasteiger partial charge in [0.2, 0.25) is 0 Å². The van der Waals surface area contributed by atoms with Gasteiger partial charge in [0, 0.05) is 24.2 Å². The standard InChI is InChI=1S/C20H19N3O4/c1-26-13-17-10-11-18(27-17)19(24)21-15-8-5-9-16(12-15)23-20(25)22-14-6-3-2-4-7-14/h2-12H,13H2,1H3,(H,21,24)(H2,22,23,25). The highest BCUT2D eigenvalue weighted by molar-refractivity contribution is 6.03. The second-order valence-corrected chi connectivity index (χ2v) is 5.68. The SMILES string of the molecule is COCc1ccc(C(=O)Nc2cccc(NC(=O)Nc3ccccc3)c2)o1. The van der Waals surface area contributed by atoms with Crippen molar-refractivity contribution < 1.29 is 18.7 Å². The highest BCUT2D eigenvalue weighted by Crippen LogP contribution is 2.18. The zero-order chi connectivity index (χ0) is 19.1. The van der Waals surface area contributed by atoms with Crippen LogP contribution < -0.4 is 16.0 Å². The van der Waals surface area contributed by atoms with Crippen LogP contribution in [-0.4, -0.2) is 19.0 Å². The molecule has 1 heterocycles. The molecule has 0 bridgehead atoms. The lowest BCUT2D eigenvalue weighted by molar-refractivity contribution is 0.0987. The van der Waals surface area contributed by atoms with E-state index in [0.717, 1.165) is 0 Å². The molecule has 0 aliphatic carbocycles. The van der Waals surface area contributed by atoms with Crippen LogP contribution in [0.5, 0.6) is 0 Å². The van der Waals surface area contributed by atoms with Gasteiger partial charge < -0.3 is 25.1 Å². The van der Waals surface area contributed by atoms with E-state index in [0.29, 0.717) is 29.4 Å². The van der Waals surface area contributed by atoms with E-state index < -0.39 is 0 Å². The average Bonchev–Trinajstić information content (AvgIpc) is 3.12. The molecule has 0 spiro atoms. The number of hydrogen-bond donors (Lipinski definition) is 3. The summed E-state index contributed by atoms with van der Waals surface area (Å²) in [5, 5.41) is 8.18. The van der Waals surface area contributed by atoms with Crippen molar-refractivity contribution in [2.75, 3.05) is 23.1 Å². The fraction of sp³-hybridized carbons (Fsp3) is 0.100. The first-order chi connectivity index (χ1) is 13.1. The summed E-state index contributed by atoms with van der Waals surface area (Å²) in [5.41, 5.74) is 1.76. The van der Waals surface area contributed by atoms with Gasteiger partial charge in [-0.3, -0.25) is 4.79 Å². The summed E-state index contributed by atoms with van der Waals surface area (Å²) < 4.78 is 10.4. The smallest absolute Gasteiger partial charge is 0.323 e. The molecule has 0 unspecified atom stereocenters. The van der Waals surface area contributed by atoms with Crippen LogP contribution in [0.2, 0.25) is 0 Å². The number of furan rings is 1. The Balaban J connectivity index is 1.61. The number of anilines is 3. The monoisotopic (exact) mass is 365 g/mol. The minimum atomic E-state index is -0.386. The second kappa shape index (κ2) is 8.68. The third-order valence-electron chi connectivity index (χ3n) is 3.58. The first-order valence-corrected chi connectivity index (χ1v) is 8.26. The number of nitrogens with one attached hydrogen (secondary N) is 3. The van der Waals surface area contributed by atoms with Gasteiger partial charge in [0.15, 0.2) is 5.76 Å². The van der Waals surface area contributed by atoms with E-state index in [4.69, 9.17) is 9.15 Å². The molecule has 2 aromatic carbocycles. The molecule has 7 nitrogen and oxygen atoms in total. The number of amides is 3. The van der Waals surface area contributed by atoms with Gasteiger partial charge in [-0.15, -0.1) is 0 Å². The lowest BCUT2D eigenvalue weighted by atomic mass is 10.2. The highest BCUT2D eigenvalue weighted by Gasteiger charge is 2.12. The molecular formula is C20H19N3O4. The molecule has 0 radical (unpaired) electrons. The van der Waals surface area contributed by atoms with Crippen LogP contribution in [0.25, 0.3) is 0 Å². The van der Waals surface area contributed by atoms with Crippen molar-refractivity contribution in [3.8, 4) is 0 Å². The normalized spacial score (nSPS) is 10.3. The number of carbonyl (C=O) groups excluding carboxylic acids is 2. The maximum Gasteiger partial charge on any atom is 0.323 e. The molecule has 0 aliphatic rings. The topological polar surface area (TPSA) is 92.6 Å².